The first-order chi connectivity index (χ1) is 19.5. The Morgan fingerprint density at radius 1 is 1.05 bits per heavy atom. The Kier molecular flexibility index (Phi) is 6.74. The molecular weight excluding hydrogens is 499 g/mol. The van der Waals surface area contributed by atoms with Gasteiger partial charge in [-0.15, -0.1) is 0 Å². The summed E-state index contributed by atoms with van der Waals surface area (Å²) in [5.41, 5.74) is 3.93. The van der Waals surface area contributed by atoms with Crippen LogP contribution in [-0.4, -0.2) is 106 Å². The second-order valence-electron chi connectivity index (χ2n) is 11.7. The van der Waals surface area contributed by atoms with Crippen LogP contribution < -0.4 is 25.6 Å². The molecule has 4 atom stereocenters. The number of pyridine rings is 2. The third-order valence-corrected chi connectivity index (χ3v) is 8.93. The fraction of sp³-hybridized carbons (Fsp3) is 0.500. The van der Waals surface area contributed by atoms with Crippen LogP contribution in [0.3, 0.4) is 0 Å². The lowest BCUT2D eigenvalue weighted by atomic mass is 10.00. The van der Waals surface area contributed by atoms with Crippen molar-refractivity contribution >= 4 is 41.5 Å². The molecule has 1 N–H and O–H groups in total. The van der Waals surface area contributed by atoms with E-state index < -0.39 is 0 Å². The van der Waals surface area contributed by atoms with Crippen LogP contribution in [0.2, 0.25) is 0 Å². The molecule has 204 valence electrons. The van der Waals surface area contributed by atoms with E-state index in [-0.39, 0.29) is 12.2 Å². The van der Waals surface area contributed by atoms with Gasteiger partial charge in [0.15, 0.2) is 0 Å². The monoisotopic (exact) mass is 534 g/mol. The summed E-state index contributed by atoms with van der Waals surface area (Å²) in [6, 6.07) is 15.6. The Balaban J connectivity index is 0.976. The number of fused-ring (bicyclic) bond motifs is 3. The van der Waals surface area contributed by atoms with Crippen molar-refractivity contribution in [3.05, 3.63) is 48.2 Å². The number of hydrogen-bond donors (Lipinski definition) is 1. The van der Waals surface area contributed by atoms with E-state index in [0.29, 0.717) is 28.8 Å². The minimum absolute atomic E-state index is 0.106. The maximum atomic E-state index is 9.58. The molecule has 6 heterocycles. The number of piperazine rings is 2. The van der Waals surface area contributed by atoms with Crippen LogP contribution in [0.1, 0.15) is 18.9 Å². The molecule has 2 radical (unpaired) electrons. The molecular formula is C30H35BN8O. The molecule has 1 aromatic carbocycles. The van der Waals surface area contributed by atoms with Crippen molar-refractivity contribution in [1.29, 1.82) is 5.26 Å². The summed E-state index contributed by atoms with van der Waals surface area (Å²) in [7, 11) is 5.94. The van der Waals surface area contributed by atoms with Gasteiger partial charge < -0.3 is 24.8 Å². The Morgan fingerprint density at radius 2 is 1.93 bits per heavy atom. The number of anilines is 3. The maximum absolute atomic E-state index is 9.58. The van der Waals surface area contributed by atoms with Gasteiger partial charge >= 0.3 is 0 Å². The Bertz CT molecular complexity index is 1420. The Morgan fingerprint density at radius 3 is 2.65 bits per heavy atom. The van der Waals surface area contributed by atoms with E-state index in [1.807, 2.05) is 24.3 Å². The van der Waals surface area contributed by atoms with E-state index >= 15 is 0 Å². The quantitative estimate of drug-likeness (QED) is 0.487. The highest BCUT2D eigenvalue weighted by Gasteiger charge is 2.38. The number of rotatable bonds is 5. The first-order valence-electron chi connectivity index (χ1n) is 14.5. The summed E-state index contributed by atoms with van der Waals surface area (Å²) in [4.78, 5) is 19.1. The molecule has 0 spiro atoms. The van der Waals surface area contributed by atoms with Gasteiger partial charge in [0.1, 0.15) is 19.7 Å². The van der Waals surface area contributed by atoms with Crippen molar-refractivity contribution in [2.75, 3.05) is 73.6 Å². The summed E-state index contributed by atoms with van der Waals surface area (Å²) in [6.07, 6.45) is 3.51. The number of nitrogens with zero attached hydrogens (tertiary/aromatic N) is 7. The summed E-state index contributed by atoms with van der Waals surface area (Å²) in [6.45, 7) is 10.8. The van der Waals surface area contributed by atoms with Gasteiger partial charge in [0.2, 0.25) is 0 Å². The Labute approximate surface area is 237 Å². The number of nitrogens with one attached hydrogen (secondary N) is 1. The lowest BCUT2D eigenvalue weighted by Crippen LogP contribution is -2.54. The van der Waals surface area contributed by atoms with Crippen molar-refractivity contribution in [3.63, 3.8) is 0 Å². The van der Waals surface area contributed by atoms with E-state index in [1.165, 1.54) is 12.1 Å². The summed E-state index contributed by atoms with van der Waals surface area (Å²) in [5.74, 6) is 1.11. The smallest absolute Gasteiger partial charge is 0.141 e. The van der Waals surface area contributed by atoms with Gasteiger partial charge in [0, 0.05) is 82.1 Å². The first-order valence-corrected chi connectivity index (χ1v) is 14.5. The van der Waals surface area contributed by atoms with Gasteiger partial charge in [-0.1, -0.05) is 6.07 Å². The third-order valence-electron chi connectivity index (χ3n) is 8.93. The van der Waals surface area contributed by atoms with Crippen LogP contribution in [0.4, 0.5) is 17.2 Å². The number of nitriles is 1. The van der Waals surface area contributed by atoms with E-state index in [0.717, 1.165) is 75.8 Å². The zero-order valence-electron chi connectivity index (χ0n) is 23.0. The summed E-state index contributed by atoms with van der Waals surface area (Å²) >= 11 is 0. The second kappa shape index (κ2) is 10.5. The first kappa shape index (κ1) is 25.6. The molecule has 0 amide bonds. The fourth-order valence-corrected chi connectivity index (χ4v) is 6.98. The van der Waals surface area contributed by atoms with E-state index in [2.05, 4.69) is 61.2 Å². The predicted octanol–water partition coefficient (Wildman–Crippen LogP) is 1.26. The largest absolute Gasteiger partial charge is 0.370 e. The molecule has 9 nitrogen and oxygen atoms in total. The number of ether oxygens (including phenoxy) is 1. The highest BCUT2D eigenvalue weighted by atomic mass is 16.5. The summed E-state index contributed by atoms with van der Waals surface area (Å²) < 4.78 is 6.41. The van der Waals surface area contributed by atoms with Crippen molar-refractivity contribution < 1.29 is 4.74 Å². The highest BCUT2D eigenvalue weighted by molar-refractivity contribution is 6.31. The molecule has 2 aromatic heterocycles. The zero-order valence-corrected chi connectivity index (χ0v) is 23.0. The van der Waals surface area contributed by atoms with Gasteiger partial charge in [0.25, 0.3) is 0 Å². The minimum atomic E-state index is 0.106. The Hall–Kier alpha value is -3.39. The van der Waals surface area contributed by atoms with E-state index in [1.54, 1.807) is 0 Å². The summed E-state index contributed by atoms with van der Waals surface area (Å²) in [5, 5.41) is 14.1. The van der Waals surface area contributed by atoms with Crippen LogP contribution in [0.15, 0.2) is 42.6 Å². The molecule has 4 aliphatic heterocycles. The number of hydrogen-bond acceptors (Lipinski definition) is 9. The molecule has 4 aliphatic rings. The molecule has 3 aromatic rings. The molecule has 4 saturated heterocycles. The SMILES string of the molecule is [B]c1ccc2c(N3C[C@H](CN4CCN(c5ccc(N6C[C@@H]7C[C@H]6CN7)nc5)CC4)O[C@H](C)C3)ccc(C#N)c2n1. The van der Waals surface area contributed by atoms with E-state index in [9.17, 15) is 5.26 Å². The van der Waals surface area contributed by atoms with Gasteiger partial charge in [0.05, 0.1) is 35.2 Å². The number of benzene rings is 1. The highest BCUT2D eigenvalue weighted by Crippen LogP contribution is 2.31. The van der Waals surface area contributed by atoms with Crippen molar-refractivity contribution in [2.45, 2.75) is 37.6 Å². The number of morpholine rings is 1. The third kappa shape index (κ3) is 4.87. The molecule has 2 bridgehead atoms. The fourth-order valence-electron chi connectivity index (χ4n) is 6.98. The topological polar surface area (TPSA) is 83.8 Å². The molecule has 0 unspecified atom stereocenters. The van der Waals surface area contributed by atoms with Crippen LogP contribution in [0.25, 0.3) is 10.9 Å². The van der Waals surface area contributed by atoms with Gasteiger partial charge in [-0.2, -0.15) is 5.26 Å². The lowest BCUT2D eigenvalue weighted by Gasteiger charge is -2.42. The van der Waals surface area contributed by atoms with Crippen molar-refractivity contribution in [3.8, 4) is 6.07 Å². The van der Waals surface area contributed by atoms with Crippen LogP contribution in [0, 0.1) is 11.3 Å². The lowest BCUT2D eigenvalue weighted by molar-refractivity contribution is -0.0327. The number of aromatic nitrogens is 2. The zero-order chi connectivity index (χ0) is 27.2. The minimum Gasteiger partial charge on any atom is -0.370 e. The molecule has 10 heteroatoms. The average Bonchev–Trinajstić information content (AvgIpc) is 3.61. The average molecular weight is 534 g/mol. The predicted molar refractivity (Wildman–Crippen MR) is 159 cm³/mol. The van der Waals surface area contributed by atoms with E-state index in [4.69, 9.17) is 17.6 Å². The van der Waals surface area contributed by atoms with Crippen molar-refractivity contribution in [1.82, 2.24) is 20.2 Å². The standard InChI is InChI=1S/C30H35BN8O/c1-20-16-38(27-5-2-21(13-32)30-26(27)4-6-28(31)35-30)19-25(40-20)18-36-8-10-37(11-9-36)23-3-7-29(34-14-23)39-17-22-12-24(39)15-33-22/h2-7,14,20,22,24-25,33H,8-12,15-19H2,1H3/t20-,22+,24+,25+/m1/s1. The molecule has 4 fully saturated rings. The van der Waals surface area contributed by atoms with Gasteiger partial charge in [-0.3, -0.25) is 9.88 Å². The second-order valence-corrected chi connectivity index (χ2v) is 11.7. The molecule has 7 rings (SSSR count). The van der Waals surface area contributed by atoms with Crippen LogP contribution in [-0.2, 0) is 4.74 Å². The normalized spacial score (nSPS) is 26.9. The molecule has 0 saturated carbocycles. The van der Waals surface area contributed by atoms with Crippen molar-refractivity contribution in [2.24, 2.45) is 0 Å². The van der Waals surface area contributed by atoms with Gasteiger partial charge in [-0.25, -0.2) is 4.98 Å². The van der Waals surface area contributed by atoms with Crippen LogP contribution >= 0.6 is 0 Å². The molecule has 40 heavy (non-hydrogen) atoms. The maximum Gasteiger partial charge on any atom is 0.141 e. The van der Waals surface area contributed by atoms with Crippen LogP contribution in [0.5, 0.6) is 0 Å². The van der Waals surface area contributed by atoms with Gasteiger partial charge in [-0.05, 0) is 49.3 Å². The molecule has 0 aliphatic carbocycles.